The monoisotopic (exact) mass is 321 g/mol. The van der Waals surface area contributed by atoms with Crippen LogP contribution < -0.4 is 4.72 Å². The predicted molar refractivity (Wildman–Crippen MR) is 88.6 cm³/mol. The van der Waals surface area contributed by atoms with Gasteiger partial charge in [-0.3, -0.25) is 9.40 Å². The second kappa shape index (κ2) is 5.43. The van der Waals surface area contributed by atoms with Crippen molar-refractivity contribution in [3.63, 3.8) is 0 Å². The van der Waals surface area contributed by atoms with Gasteiger partial charge in [0.2, 0.25) is 0 Å². The van der Waals surface area contributed by atoms with Crippen LogP contribution in [-0.4, -0.2) is 18.2 Å². The summed E-state index contributed by atoms with van der Waals surface area (Å²) in [4.78, 5) is 0.225. The topological polar surface area (TPSA) is 64.0 Å². The molecule has 1 N–H and O–H groups in total. The molecule has 0 bridgehead atoms. The predicted octanol–water partition coefficient (Wildman–Crippen LogP) is 3.14. The zero-order valence-electron chi connectivity index (χ0n) is 13.9. The number of benzene rings is 1. The van der Waals surface area contributed by atoms with Gasteiger partial charge in [-0.15, -0.1) is 0 Å². The van der Waals surface area contributed by atoms with Gasteiger partial charge in [0.05, 0.1) is 11.4 Å². The molecule has 0 saturated heterocycles. The van der Waals surface area contributed by atoms with E-state index in [1.54, 1.807) is 13.2 Å². The van der Waals surface area contributed by atoms with Crippen molar-refractivity contribution in [3.05, 3.63) is 41.2 Å². The standard InChI is InChI=1S/C16H23N3O2S/c1-11-7-8-12(2)13(9-11)18-22(20,21)14-10-19(6)17-15(14)16(3,4)5/h7-10,18H,1-6H3. The molecule has 0 amide bonds. The van der Waals surface area contributed by atoms with E-state index < -0.39 is 10.0 Å². The van der Waals surface area contributed by atoms with Crippen molar-refractivity contribution >= 4 is 15.7 Å². The molecule has 1 aromatic heterocycles. The molecule has 0 aliphatic heterocycles. The van der Waals surface area contributed by atoms with Crippen LogP contribution in [-0.2, 0) is 22.5 Å². The minimum absolute atomic E-state index is 0.225. The number of aryl methyl sites for hydroxylation is 3. The number of hydrogen-bond donors (Lipinski definition) is 1. The summed E-state index contributed by atoms with van der Waals surface area (Å²) in [5.74, 6) is 0. The quantitative estimate of drug-likeness (QED) is 0.944. The molecule has 0 saturated carbocycles. The van der Waals surface area contributed by atoms with Crippen molar-refractivity contribution in [1.82, 2.24) is 9.78 Å². The summed E-state index contributed by atoms with van der Waals surface area (Å²) >= 11 is 0. The molecule has 0 aliphatic carbocycles. The molecule has 0 radical (unpaired) electrons. The van der Waals surface area contributed by atoms with E-state index in [4.69, 9.17) is 0 Å². The molecule has 2 aromatic rings. The van der Waals surface area contributed by atoms with Crippen molar-refractivity contribution in [2.45, 2.75) is 44.9 Å². The zero-order valence-corrected chi connectivity index (χ0v) is 14.7. The fourth-order valence-corrected chi connectivity index (χ4v) is 3.74. The highest BCUT2D eigenvalue weighted by Crippen LogP contribution is 2.29. The Labute approximate surface area is 132 Å². The molecular weight excluding hydrogens is 298 g/mol. The zero-order chi connectivity index (χ0) is 16.7. The van der Waals surface area contributed by atoms with E-state index >= 15 is 0 Å². The van der Waals surface area contributed by atoms with Crippen LogP contribution in [0.4, 0.5) is 5.69 Å². The number of hydrogen-bond acceptors (Lipinski definition) is 3. The van der Waals surface area contributed by atoms with Crippen molar-refractivity contribution in [2.75, 3.05) is 4.72 Å². The Morgan fingerprint density at radius 1 is 1.18 bits per heavy atom. The molecule has 1 aromatic carbocycles. The van der Waals surface area contributed by atoms with Gasteiger partial charge in [-0.25, -0.2) is 8.42 Å². The summed E-state index contributed by atoms with van der Waals surface area (Å²) in [7, 11) is -1.95. The van der Waals surface area contributed by atoms with Crippen molar-refractivity contribution in [2.24, 2.45) is 7.05 Å². The van der Waals surface area contributed by atoms with Gasteiger partial charge in [-0.2, -0.15) is 5.10 Å². The van der Waals surface area contributed by atoms with E-state index in [2.05, 4.69) is 9.82 Å². The lowest BCUT2D eigenvalue weighted by atomic mass is 9.92. The fraction of sp³-hybridized carbons (Fsp3) is 0.438. The van der Waals surface area contributed by atoms with Crippen LogP contribution in [0.2, 0.25) is 0 Å². The second-order valence-electron chi connectivity index (χ2n) is 6.69. The van der Waals surface area contributed by atoms with Gasteiger partial charge in [0, 0.05) is 18.7 Å². The van der Waals surface area contributed by atoms with E-state index in [1.807, 2.05) is 52.8 Å². The number of rotatable bonds is 3. The molecule has 2 rings (SSSR count). The lowest BCUT2D eigenvalue weighted by molar-refractivity contribution is 0.539. The van der Waals surface area contributed by atoms with Crippen LogP contribution in [0.25, 0.3) is 0 Å². The first-order valence-electron chi connectivity index (χ1n) is 7.15. The van der Waals surface area contributed by atoms with Crippen molar-refractivity contribution in [3.8, 4) is 0 Å². The molecule has 1 heterocycles. The maximum Gasteiger partial charge on any atom is 0.265 e. The van der Waals surface area contributed by atoms with Gasteiger partial charge in [0.1, 0.15) is 4.90 Å². The highest BCUT2D eigenvalue weighted by Gasteiger charge is 2.29. The molecule has 0 unspecified atom stereocenters. The minimum Gasteiger partial charge on any atom is -0.279 e. The lowest BCUT2D eigenvalue weighted by Gasteiger charge is -2.18. The van der Waals surface area contributed by atoms with Crippen LogP contribution in [0.5, 0.6) is 0 Å². The van der Waals surface area contributed by atoms with E-state index in [1.165, 1.54) is 4.68 Å². The van der Waals surface area contributed by atoms with Gasteiger partial charge in [-0.05, 0) is 31.0 Å². The Bertz CT molecular complexity index is 799. The molecule has 120 valence electrons. The van der Waals surface area contributed by atoms with Gasteiger partial charge < -0.3 is 0 Å². The third-order valence-electron chi connectivity index (χ3n) is 3.43. The Morgan fingerprint density at radius 3 is 2.41 bits per heavy atom. The van der Waals surface area contributed by atoms with Gasteiger partial charge in [-0.1, -0.05) is 32.9 Å². The summed E-state index contributed by atoms with van der Waals surface area (Å²) in [6.45, 7) is 9.66. The number of nitrogens with one attached hydrogen (secondary N) is 1. The van der Waals surface area contributed by atoms with Gasteiger partial charge in [0.15, 0.2) is 0 Å². The number of sulfonamides is 1. The van der Waals surface area contributed by atoms with Crippen LogP contribution in [0.1, 0.15) is 37.6 Å². The lowest BCUT2D eigenvalue weighted by Crippen LogP contribution is -2.20. The molecule has 22 heavy (non-hydrogen) atoms. The molecule has 0 aliphatic rings. The van der Waals surface area contributed by atoms with Crippen LogP contribution in [0.3, 0.4) is 0 Å². The van der Waals surface area contributed by atoms with Crippen molar-refractivity contribution < 1.29 is 8.42 Å². The molecule has 0 spiro atoms. The second-order valence-corrected chi connectivity index (χ2v) is 8.34. The number of aromatic nitrogens is 2. The number of anilines is 1. The average molecular weight is 321 g/mol. The SMILES string of the molecule is Cc1ccc(C)c(NS(=O)(=O)c2cn(C)nc2C(C)(C)C)c1. The van der Waals surface area contributed by atoms with E-state index in [-0.39, 0.29) is 10.3 Å². The third kappa shape index (κ3) is 3.32. The molecular formula is C16H23N3O2S. The van der Waals surface area contributed by atoms with E-state index in [9.17, 15) is 8.42 Å². The largest absolute Gasteiger partial charge is 0.279 e. The molecule has 0 atom stereocenters. The Hall–Kier alpha value is -1.82. The Kier molecular flexibility index (Phi) is 4.08. The van der Waals surface area contributed by atoms with Crippen LogP contribution in [0.15, 0.2) is 29.3 Å². The third-order valence-corrected chi connectivity index (χ3v) is 4.80. The summed E-state index contributed by atoms with van der Waals surface area (Å²) in [6, 6.07) is 5.69. The maximum atomic E-state index is 12.8. The minimum atomic E-state index is -3.68. The first kappa shape index (κ1) is 16.5. The first-order chi connectivity index (χ1) is 10.0. The Balaban J connectivity index is 2.50. The highest BCUT2D eigenvalue weighted by atomic mass is 32.2. The Morgan fingerprint density at radius 2 is 1.82 bits per heavy atom. The maximum absolute atomic E-state index is 12.8. The van der Waals surface area contributed by atoms with Gasteiger partial charge >= 0.3 is 0 Å². The normalized spacial score (nSPS) is 12.5. The average Bonchev–Trinajstić information content (AvgIpc) is 2.76. The summed E-state index contributed by atoms with van der Waals surface area (Å²) in [6.07, 6.45) is 1.55. The molecule has 0 fully saturated rings. The summed E-state index contributed by atoms with van der Waals surface area (Å²) < 4.78 is 29.8. The summed E-state index contributed by atoms with van der Waals surface area (Å²) in [5.41, 5.74) is 2.70. The summed E-state index contributed by atoms with van der Waals surface area (Å²) in [5, 5.41) is 4.33. The van der Waals surface area contributed by atoms with Gasteiger partial charge in [0.25, 0.3) is 10.0 Å². The highest BCUT2D eigenvalue weighted by molar-refractivity contribution is 7.92. The van der Waals surface area contributed by atoms with Crippen LogP contribution in [0, 0.1) is 13.8 Å². The van der Waals surface area contributed by atoms with Crippen LogP contribution >= 0.6 is 0 Å². The molecule has 5 nitrogen and oxygen atoms in total. The first-order valence-corrected chi connectivity index (χ1v) is 8.63. The smallest absolute Gasteiger partial charge is 0.265 e. The number of nitrogens with zero attached hydrogens (tertiary/aromatic N) is 2. The van der Waals surface area contributed by atoms with Crippen molar-refractivity contribution in [1.29, 1.82) is 0 Å². The molecule has 6 heteroatoms. The van der Waals surface area contributed by atoms with E-state index in [0.29, 0.717) is 11.4 Å². The van der Waals surface area contributed by atoms with E-state index in [0.717, 1.165) is 11.1 Å². The fourth-order valence-electron chi connectivity index (χ4n) is 2.23.